The van der Waals surface area contributed by atoms with E-state index in [1.54, 1.807) is 6.07 Å². The number of hydrogen-bond donors (Lipinski definition) is 2. The lowest BCUT2D eigenvalue weighted by molar-refractivity contribution is 0.477. The first-order valence-electron chi connectivity index (χ1n) is 7.56. The molecule has 0 amide bonds. The van der Waals surface area contributed by atoms with Gasteiger partial charge in [-0.05, 0) is 36.8 Å². The lowest BCUT2D eigenvalue weighted by Crippen LogP contribution is -1.89. The van der Waals surface area contributed by atoms with Crippen molar-refractivity contribution in [3.8, 4) is 28.3 Å². The number of phenolic OH excluding ortho intramolecular Hbond substituents is 1. The molecule has 4 aromatic rings. The number of rotatable bonds is 2. The molecule has 0 fully saturated rings. The van der Waals surface area contributed by atoms with Crippen molar-refractivity contribution in [2.24, 2.45) is 0 Å². The van der Waals surface area contributed by atoms with Crippen molar-refractivity contribution in [3.63, 3.8) is 0 Å². The number of aryl methyl sites for hydroxylation is 1. The number of imidazole rings is 1. The van der Waals surface area contributed by atoms with Gasteiger partial charge in [-0.3, -0.25) is 0 Å². The summed E-state index contributed by atoms with van der Waals surface area (Å²) in [5, 5.41) is 10.2. The summed E-state index contributed by atoms with van der Waals surface area (Å²) in [4.78, 5) is 8.08. The molecule has 3 heteroatoms. The largest absolute Gasteiger partial charge is 0.507 e. The first-order chi connectivity index (χ1) is 11.2. The van der Waals surface area contributed by atoms with Crippen molar-refractivity contribution in [2.45, 2.75) is 6.92 Å². The highest BCUT2D eigenvalue weighted by Crippen LogP contribution is 2.36. The van der Waals surface area contributed by atoms with E-state index in [1.165, 1.54) is 0 Å². The van der Waals surface area contributed by atoms with Crippen LogP contribution in [-0.2, 0) is 0 Å². The number of aromatic nitrogens is 2. The van der Waals surface area contributed by atoms with Crippen LogP contribution in [0.3, 0.4) is 0 Å². The van der Waals surface area contributed by atoms with E-state index in [4.69, 9.17) is 4.98 Å². The maximum Gasteiger partial charge on any atom is 0.139 e. The lowest BCUT2D eigenvalue weighted by Gasteiger charge is -2.10. The van der Waals surface area contributed by atoms with Gasteiger partial charge in [-0.15, -0.1) is 0 Å². The van der Waals surface area contributed by atoms with Crippen LogP contribution in [0, 0.1) is 6.92 Å². The topological polar surface area (TPSA) is 48.9 Å². The Kier molecular flexibility index (Phi) is 3.12. The molecule has 0 aliphatic carbocycles. The Morgan fingerprint density at radius 3 is 2.43 bits per heavy atom. The zero-order valence-corrected chi connectivity index (χ0v) is 12.7. The molecule has 3 aromatic carbocycles. The molecule has 112 valence electrons. The summed E-state index contributed by atoms with van der Waals surface area (Å²) in [5.41, 5.74) is 5.86. The zero-order valence-electron chi connectivity index (χ0n) is 12.7. The Hall–Kier alpha value is -3.07. The van der Waals surface area contributed by atoms with Gasteiger partial charge in [0.1, 0.15) is 11.6 Å². The summed E-state index contributed by atoms with van der Waals surface area (Å²) in [6, 6.07) is 21.5. The number of aromatic amines is 1. The predicted octanol–water partition coefficient (Wildman–Crippen LogP) is 4.91. The molecule has 4 rings (SSSR count). The van der Waals surface area contributed by atoms with Crippen molar-refractivity contribution in [1.29, 1.82) is 0 Å². The molecule has 2 N–H and O–H groups in total. The molecule has 0 unspecified atom stereocenters. The standard InChI is InChI=1S/C20H16N2O/c1-13-10-11-14(15-6-2-5-9-19(15)23)16(12-13)20-21-17-7-3-4-8-18(17)22-20/h2-12,23H,1H3,(H,21,22). The smallest absolute Gasteiger partial charge is 0.139 e. The predicted molar refractivity (Wildman–Crippen MR) is 93.4 cm³/mol. The molecule has 0 bridgehead atoms. The molecule has 0 saturated carbocycles. The van der Waals surface area contributed by atoms with Gasteiger partial charge in [0.2, 0.25) is 0 Å². The number of para-hydroxylation sites is 3. The molecular weight excluding hydrogens is 284 g/mol. The van der Waals surface area contributed by atoms with E-state index in [0.29, 0.717) is 0 Å². The van der Waals surface area contributed by atoms with Crippen LogP contribution in [0.4, 0.5) is 0 Å². The first kappa shape index (κ1) is 13.6. The van der Waals surface area contributed by atoms with Crippen LogP contribution < -0.4 is 0 Å². The van der Waals surface area contributed by atoms with Gasteiger partial charge in [-0.25, -0.2) is 4.98 Å². The molecule has 0 spiro atoms. The molecule has 0 aliphatic rings. The van der Waals surface area contributed by atoms with E-state index in [-0.39, 0.29) is 5.75 Å². The fourth-order valence-electron chi connectivity index (χ4n) is 2.87. The summed E-state index contributed by atoms with van der Waals surface area (Å²) in [7, 11) is 0. The quantitative estimate of drug-likeness (QED) is 0.552. The van der Waals surface area contributed by atoms with Gasteiger partial charge in [0.15, 0.2) is 0 Å². The molecule has 0 radical (unpaired) electrons. The Labute approximate surface area is 134 Å². The normalized spacial score (nSPS) is 11.0. The Morgan fingerprint density at radius 1 is 0.826 bits per heavy atom. The van der Waals surface area contributed by atoms with E-state index in [0.717, 1.165) is 39.1 Å². The van der Waals surface area contributed by atoms with Crippen molar-refractivity contribution in [2.75, 3.05) is 0 Å². The van der Waals surface area contributed by atoms with E-state index in [2.05, 4.69) is 18.0 Å². The second-order valence-corrected chi connectivity index (χ2v) is 5.67. The molecular formula is C20H16N2O. The Bertz CT molecular complexity index is 968. The fourth-order valence-corrected chi connectivity index (χ4v) is 2.87. The van der Waals surface area contributed by atoms with E-state index in [9.17, 15) is 5.11 Å². The van der Waals surface area contributed by atoms with Crippen molar-refractivity contribution in [1.82, 2.24) is 9.97 Å². The summed E-state index contributed by atoms with van der Waals surface area (Å²) >= 11 is 0. The van der Waals surface area contributed by atoms with Crippen molar-refractivity contribution in [3.05, 3.63) is 72.3 Å². The minimum Gasteiger partial charge on any atom is -0.507 e. The van der Waals surface area contributed by atoms with E-state index < -0.39 is 0 Å². The second-order valence-electron chi connectivity index (χ2n) is 5.67. The van der Waals surface area contributed by atoms with Crippen LogP contribution in [0.1, 0.15) is 5.56 Å². The third-order valence-electron chi connectivity index (χ3n) is 4.01. The SMILES string of the molecule is Cc1ccc(-c2ccccc2O)c(-c2nc3ccccc3[nH]2)c1. The number of nitrogens with zero attached hydrogens (tertiary/aromatic N) is 1. The zero-order chi connectivity index (χ0) is 15.8. The van der Waals surface area contributed by atoms with Gasteiger partial charge in [-0.1, -0.05) is 48.0 Å². The highest BCUT2D eigenvalue weighted by Gasteiger charge is 2.14. The summed E-state index contributed by atoms with van der Waals surface area (Å²) in [6.45, 7) is 2.06. The maximum absolute atomic E-state index is 10.2. The lowest BCUT2D eigenvalue weighted by atomic mass is 9.96. The van der Waals surface area contributed by atoms with Crippen molar-refractivity contribution < 1.29 is 5.11 Å². The number of aromatic hydroxyl groups is 1. The minimum absolute atomic E-state index is 0.272. The van der Waals surface area contributed by atoms with Crippen LogP contribution in [0.15, 0.2) is 66.7 Å². The molecule has 1 aromatic heterocycles. The molecule has 1 heterocycles. The van der Waals surface area contributed by atoms with E-state index >= 15 is 0 Å². The monoisotopic (exact) mass is 300 g/mol. The average molecular weight is 300 g/mol. The van der Waals surface area contributed by atoms with Crippen LogP contribution in [0.5, 0.6) is 5.75 Å². The van der Waals surface area contributed by atoms with Gasteiger partial charge in [0.05, 0.1) is 11.0 Å². The maximum atomic E-state index is 10.2. The highest BCUT2D eigenvalue weighted by molar-refractivity contribution is 5.87. The summed E-state index contributed by atoms with van der Waals surface area (Å²) < 4.78 is 0. The molecule has 0 aliphatic heterocycles. The van der Waals surface area contributed by atoms with E-state index in [1.807, 2.05) is 54.6 Å². The van der Waals surface area contributed by atoms with Crippen LogP contribution in [0.25, 0.3) is 33.5 Å². The summed E-state index contributed by atoms with van der Waals surface area (Å²) in [6.07, 6.45) is 0. The van der Waals surface area contributed by atoms with Gasteiger partial charge in [0.25, 0.3) is 0 Å². The van der Waals surface area contributed by atoms with Crippen molar-refractivity contribution >= 4 is 11.0 Å². The number of nitrogens with one attached hydrogen (secondary N) is 1. The first-order valence-corrected chi connectivity index (χ1v) is 7.56. The number of fused-ring (bicyclic) bond motifs is 1. The fraction of sp³-hybridized carbons (Fsp3) is 0.0500. The number of phenols is 1. The molecule has 23 heavy (non-hydrogen) atoms. The third kappa shape index (κ3) is 2.36. The molecule has 3 nitrogen and oxygen atoms in total. The third-order valence-corrected chi connectivity index (χ3v) is 4.01. The van der Waals surface area contributed by atoms with Crippen LogP contribution >= 0.6 is 0 Å². The minimum atomic E-state index is 0.272. The average Bonchev–Trinajstić information content (AvgIpc) is 2.99. The number of benzene rings is 3. The van der Waals surface area contributed by atoms with Gasteiger partial charge < -0.3 is 10.1 Å². The van der Waals surface area contributed by atoms with Crippen LogP contribution in [-0.4, -0.2) is 15.1 Å². The highest BCUT2D eigenvalue weighted by atomic mass is 16.3. The second kappa shape index (κ2) is 5.29. The van der Waals surface area contributed by atoms with Crippen LogP contribution in [0.2, 0.25) is 0 Å². The molecule has 0 saturated heterocycles. The van der Waals surface area contributed by atoms with Gasteiger partial charge in [0, 0.05) is 11.1 Å². The number of hydrogen-bond acceptors (Lipinski definition) is 2. The van der Waals surface area contributed by atoms with Gasteiger partial charge >= 0.3 is 0 Å². The summed E-state index contributed by atoms with van der Waals surface area (Å²) in [5.74, 6) is 1.09. The molecule has 0 atom stereocenters. The Morgan fingerprint density at radius 2 is 1.61 bits per heavy atom. The number of H-pyrrole nitrogens is 1. The van der Waals surface area contributed by atoms with Gasteiger partial charge in [-0.2, -0.15) is 0 Å². The Balaban J connectivity index is 1.97.